The third-order valence-electron chi connectivity index (χ3n) is 5.21. The number of benzene rings is 2. The number of hydrogen-bond donors (Lipinski definition) is 1. The summed E-state index contributed by atoms with van der Waals surface area (Å²) < 4.78 is 54.7. The van der Waals surface area contributed by atoms with Gasteiger partial charge in [-0.25, -0.2) is 21.6 Å². The number of aryl methyl sites for hydroxylation is 3. The average Bonchev–Trinajstić information content (AvgIpc) is 3.16. The SMILES string of the molecule is Cc1cc(C)c(S(=O)(=O)NCCc2ccc(S(=O)(=O)N3CCCC3)cc2)c(C)c1. The molecule has 8 heteroatoms. The third-order valence-corrected chi connectivity index (χ3v) is 8.88. The molecule has 1 aliphatic heterocycles. The maximum atomic E-state index is 12.7. The van der Waals surface area contributed by atoms with Crippen LogP contribution in [0.3, 0.4) is 0 Å². The molecule has 0 unspecified atom stereocenters. The van der Waals surface area contributed by atoms with Crippen molar-refractivity contribution in [1.82, 2.24) is 9.03 Å². The van der Waals surface area contributed by atoms with Crippen LogP contribution in [0.25, 0.3) is 0 Å². The van der Waals surface area contributed by atoms with Crippen molar-refractivity contribution < 1.29 is 16.8 Å². The molecular weight excluding hydrogens is 408 g/mol. The van der Waals surface area contributed by atoms with Gasteiger partial charge in [0.2, 0.25) is 20.0 Å². The molecule has 0 spiro atoms. The van der Waals surface area contributed by atoms with E-state index in [9.17, 15) is 16.8 Å². The summed E-state index contributed by atoms with van der Waals surface area (Å²) in [5.41, 5.74) is 3.37. The number of nitrogens with zero attached hydrogens (tertiary/aromatic N) is 1. The van der Waals surface area contributed by atoms with E-state index in [1.807, 2.05) is 19.1 Å². The summed E-state index contributed by atoms with van der Waals surface area (Å²) in [6, 6.07) is 10.4. The molecule has 0 radical (unpaired) electrons. The standard InChI is InChI=1S/C21H28N2O4S2/c1-16-14-17(2)21(18(3)15-16)28(24,25)22-11-10-19-6-8-20(9-7-19)29(26,27)23-12-4-5-13-23/h6-9,14-15,22H,4-5,10-13H2,1-3H3. The highest BCUT2D eigenvalue weighted by Crippen LogP contribution is 2.22. The molecule has 2 aromatic rings. The van der Waals surface area contributed by atoms with Crippen LogP contribution in [0.2, 0.25) is 0 Å². The number of rotatable bonds is 7. The fourth-order valence-electron chi connectivity index (χ4n) is 3.90. The Hall–Kier alpha value is -1.74. The predicted molar refractivity (Wildman–Crippen MR) is 114 cm³/mol. The molecule has 6 nitrogen and oxygen atoms in total. The Bertz CT molecular complexity index is 1060. The van der Waals surface area contributed by atoms with Gasteiger partial charge in [0.05, 0.1) is 9.79 Å². The summed E-state index contributed by atoms with van der Waals surface area (Å²) in [6.45, 7) is 6.93. The Morgan fingerprint density at radius 3 is 2.00 bits per heavy atom. The van der Waals surface area contributed by atoms with E-state index in [0.717, 1.165) is 35.1 Å². The molecule has 1 fully saturated rings. The van der Waals surface area contributed by atoms with Crippen LogP contribution in [0.1, 0.15) is 35.1 Å². The van der Waals surface area contributed by atoms with Crippen molar-refractivity contribution in [3.05, 3.63) is 58.7 Å². The maximum absolute atomic E-state index is 12.7. The molecule has 1 N–H and O–H groups in total. The Balaban J connectivity index is 1.65. The van der Waals surface area contributed by atoms with Crippen molar-refractivity contribution >= 4 is 20.0 Å². The van der Waals surface area contributed by atoms with Crippen LogP contribution in [0.4, 0.5) is 0 Å². The first-order valence-corrected chi connectivity index (χ1v) is 12.7. The maximum Gasteiger partial charge on any atom is 0.243 e. The number of sulfonamides is 2. The van der Waals surface area contributed by atoms with E-state index in [0.29, 0.717) is 24.4 Å². The van der Waals surface area contributed by atoms with E-state index < -0.39 is 20.0 Å². The van der Waals surface area contributed by atoms with Gasteiger partial charge in [-0.3, -0.25) is 0 Å². The zero-order chi connectivity index (χ0) is 21.2. The second-order valence-electron chi connectivity index (χ2n) is 7.63. The van der Waals surface area contributed by atoms with Crippen LogP contribution in [-0.2, 0) is 26.5 Å². The fourth-order valence-corrected chi connectivity index (χ4v) is 6.90. The van der Waals surface area contributed by atoms with Crippen molar-refractivity contribution in [3.63, 3.8) is 0 Å². The van der Waals surface area contributed by atoms with E-state index >= 15 is 0 Å². The predicted octanol–water partition coefficient (Wildman–Crippen LogP) is 2.92. The van der Waals surface area contributed by atoms with E-state index in [4.69, 9.17) is 0 Å². The van der Waals surface area contributed by atoms with Gasteiger partial charge in [0.25, 0.3) is 0 Å². The van der Waals surface area contributed by atoms with Gasteiger partial charge in [-0.1, -0.05) is 29.8 Å². The Labute approximate surface area is 174 Å². The molecule has 2 aromatic carbocycles. The molecule has 1 saturated heterocycles. The lowest BCUT2D eigenvalue weighted by molar-refractivity contribution is 0.477. The zero-order valence-electron chi connectivity index (χ0n) is 17.1. The van der Waals surface area contributed by atoms with Crippen LogP contribution >= 0.6 is 0 Å². The first-order chi connectivity index (χ1) is 13.6. The van der Waals surface area contributed by atoms with Crippen molar-refractivity contribution in [3.8, 4) is 0 Å². The van der Waals surface area contributed by atoms with Gasteiger partial charge < -0.3 is 0 Å². The smallest absolute Gasteiger partial charge is 0.211 e. The van der Waals surface area contributed by atoms with Crippen LogP contribution in [0.15, 0.2) is 46.2 Å². The molecular formula is C21H28N2O4S2. The molecule has 0 saturated carbocycles. The highest BCUT2D eigenvalue weighted by Gasteiger charge is 2.27. The van der Waals surface area contributed by atoms with Crippen molar-refractivity contribution in [1.29, 1.82) is 0 Å². The molecule has 3 rings (SSSR count). The van der Waals surface area contributed by atoms with Crippen molar-refractivity contribution in [2.24, 2.45) is 0 Å². The van der Waals surface area contributed by atoms with Gasteiger partial charge in [0.15, 0.2) is 0 Å². The van der Waals surface area contributed by atoms with Crippen molar-refractivity contribution in [2.75, 3.05) is 19.6 Å². The third kappa shape index (κ3) is 4.88. The van der Waals surface area contributed by atoms with E-state index in [1.165, 1.54) is 4.31 Å². The van der Waals surface area contributed by atoms with Crippen molar-refractivity contribution in [2.45, 2.75) is 49.8 Å². The summed E-state index contributed by atoms with van der Waals surface area (Å²) in [5, 5.41) is 0. The van der Waals surface area contributed by atoms with E-state index in [1.54, 1.807) is 38.1 Å². The van der Waals surface area contributed by atoms with Crippen LogP contribution in [0.5, 0.6) is 0 Å². The molecule has 29 heavy (non-hydrogen) atoms. The van der Waals surface area contributed by atoms with Crippen LogP contribution < -0.4 is 4.72 Å². The quantitative estimate of drug-likeness (QED) is 0.723. The normalized spacial score (nSPS) is 15.7. The topological polar surface area (TPSA) is 83.5 Å². The summed E-state index contributed by atoms with van der Waals surface area (Å²) in [7, 11) is -7.03. The summed E-state index contributed by atoms with van der Waals surface area (Å²) in [4.78, 5) is 0.616. The van der Waals surface area contributed by atoms with Gasteiger partial charge in [0.1, 0.15) is 0 Å². The molecule has 0 bridgehead atoms. The van der Waals surface area contributed by atoms with E-state index in [-0.39, 0.29) is 11.4 Å². The lowest BCUT2D eigenvalue weighted by Crippen LogP contribution is -2.28. The minimum Gasteiger partial charge on any atom is -0.211 e. The highest BCUT2D eigenvalue weighted by atomic mass is 32.2. The second kappa shape index (κ2) is 8.55. The molecule has 1 aliphatic rings. The van der Waals surface area contributed by atoms with Gasteiger partial charge in [-0.15, -0.1) is 0 Å². The lowest BCUT2D eigenvalue weighted by Gasteiger charge is -2.16. The van der Waals surface area contributed by atoms with Gasteiger partial charge in [0, 0.05) is 19.6 Å². The largest absolute Gasteiger partial charge is 0.243 e. The average molecular weight is 437 g/mol. The summed E-state index contributed by atoms with van der Waals surface area (Å²) >= 11 is 0. The van der Waals surface area contributed by atoms with Gasteiger partial charge in [-0.2, -0.15) is 4.31 Å². The second-order valence-corrected chi connectivity index (χ2v) is 11.3. The van der Waals surface area contributed by atoms with Gasteiger partial charge in [-0.05, 0) is 68.9 Å². The molecule has 0 amide bonds. The number of hydrogen-bond acceptors (Lipinski definition) is 4. The highest BCUT2D eigenvalue weighted by molar-refractivity contribution is 7.89. The molecule has 0 aromatic heterocycles. The zero-order valence-corrected chi connectivity index (χ0v) is 18.7. The monoisotopic (exact) mass is 436 g/mol. The Morgan fingerprint density at radius 2 is 1.45 bits per heavy atom. The molecule has 1 heterocycles. The van der Waals surface area contributed by atoms with Gasteiger partial charge >= 0.3 is 0 Å². The molecule has 158 valence electrons. The minimum absolute atomic E-state index is 0.243. The molecule has 0 atom stereocenters. The number of nitrogens with one attached hydrogen (secondary N) is 1. The Morgan fingerprint density at radius 1 is 0.897 bits per heavy atom. The van der Waals surface area contributed by atoms with Crippen LogP contribution in [0, 0.1) is 20.8 Å². The minimum atomic E-state index is -3.60. The van der Waals surface area contributed by atoms with Crippen LogP contribution in [-0.4, -0.2) is 40.8 Å². The first kappa shape index (κ1) is 22.0. The van der Waals surface area contributed by atoms with E-state index in [2.05, 4.69) is 4.72 Å². The fraction of sp³-hybridized carbons (Fsp3) is 0.429. The lowest BCUT2D eigenvalue weighted by atomic mass is 10.1. The first-order valence-electron chi connectivity index (χ1n) is 9.78. The Kier molecular flexibility index (Phi) is 6.48. The summed E-state index contributed by atoms with van der Waals surface area (Å²) in [6.07, 6.45) is 2.28. The summed E-state index contributed by atoms with van der Waals surface area (Å²) in [5.74, 6) is 0. The molecule has 0 aliphatic carbocycles.